The summed E-state index contributed by atoms with van der Waals surface area (Å²) in [6, 6.07) is 7.14. The summed E-state index contributed by atoms with van der Waals surface area (Å²) >= 11 is 4.56. The van der Waals surface area contributed by atoms with Crippen molar-refractivity contribution in [2.75, 3.05) is 6.61 Å². The molecule has 0 aliphatic rings. The molecular weight excluding hydrogens is 400 g/mol. The summed E-state index contributed by atoms with van der Waals surface area (Å²) in [6.07, 6.45) is 0. The molecule has 1 aromatic carbocycles. The number of hydrogen-bond acceptors (Lipinski definition) is 6. The fourth-order valence-corrected chi connectivity index (χ4v) is 2.53. The number of carbonyl (C=O) groups excluding carboxylic acids is 3. The lowest BCUT2D eigenvalue weighted by atomic mass is 10.2. The lowest BCUT2D eigenvalue weighted by Gasteiger charge is -2.07. The van der Waals surface area contributed by atoms with Gasteiger partial charge in [0.15, 0.2) is 6.61 Å². The molecule has 7 nitrogen and oxygen atoms in total. The molecule has 3 N–H and O–H groups in total. The Balaban J connectivity index is 1.74. The Morgan fingerprint density at radius 1 is 1.25 bits per heavy atom. The molecule has 0 aliphatic carbocycles. The third kappa shape index (κ3) is 5.36. The Hall–Kier alpha value is -2.39. The van der Waals surface area contributed by atoms with E-state index in [1.807, 2.05) is 17.5 Å². The molecule has 0 spiro atoms. The van der Waals surface area contributed by atoms with Crippen LogP contribution in [0.3, 0.4) is 0 Å². The molecule has 1 aromatic heterocycles. The van der Waals surface area contributed by atoms with E-state index in [1.165, 1.54) is 29.5 Å². The van der Waals surface area contributed by atoms with Gasteiger partial charge in [0, 0.05) is 4.88 Å². The number of phenols is 1. The van der Waals surface area contributed by atoms with Crippen molar-refractivity contribution in [3.63, 3.8) is 0 Å². The summed E-state index contributed by atoms with van der Waals surface area (Å²) in [7, 11) is 0. The van der Waals surface area contributed by atoms with E-state index in [1.54, 1.807) is 0 Å². The van der Waals surface area contributed by atoms with Gasteiger partial charge in [-0.05, 0) is 45.6 Å². The lowest BCUT2D eigenvalue weighted by molar-refractivity contribution is -0.123. The minimum absolute atomic E-state index is 0.0886. The quantitative estimate of drug-likeness (QED) is 0.653. The van der Waals surface area contributed by atoms with Crippen molar-refractivity contribution < 1.29 is 24.2 Å². The van der Waals surface area contributed by atoms with E-state index < -0.39 is 24.5 Å². The average Bonchev–Trinajstić information content (AvgIpc) is 3.06. The maximum atomic E-state index is 11.8. The van der Waals surface area contributed by atoms with E-state index >= 15 is 0 Å². The molecule has 24 heavy (non-hydrogen) atoms. The molecule has 1 heterocycles. The van der Waals surface area contributed by atoms with E-state index in [0.29, 0.717) is 11.0 Å². The highest BCUT2D eigenvalue weighted by atomic mass is 79.9. The largest absolute Gasteiger partial charge is 0.507 e. The number of hydrogen-bond donors (Lipinski definition) is 3. The summed E-state index contributed by atoms with van der Waals surface area (Å²) in [5, 5.41) is 15.9. The van der Waals surface area contributed by atoms with Crippen molar-refractivity contribution in [3.05, 3.63) is 50.6 Å². The molecular formula is C15H13BrN2O5S. The van der Waals surface area contributed by atoms with Gasteiger partial charge in [-0.3, -0.25) is 10.1 Å². The molecule has 3 amide bonds. The highest BCUT2D eigenvalue weighted by Gasteiger charge is 2.13. The zero-order valence-electron chi connectivity index (χ0n) is 12.2. The Morgan fingerprint density at radius 2 is 2.04 bits per heavy atom. The fourth-order valence-electron chi connectivity index (χ4n) is 1.64. The van der Waals surface area contributed by atoms with E-state index in [4.69, 9.17) is 4.74 Å². The first-order valence-corrected chi connectivity index (χ1v) is 8.38. The topological polar surface area (TPSA) is 105 Å². The number of esters is 1. The number of nitrogens with one attached hydrogen (secondary N) is 2. The van der Waals surface area contributed by atoms with Gasteiger partial charge in [0.2, 0.25) is 0 Å². The van der Waals surface area contributed by atoms with Crippen molar-refractivity contribution in [1.29, 1.82) is 0 Å². The van der Waals surface area contributed by atoms with Crippen LogP contribution < -0.4 is 10.6 Å². The highest BCUT2D eigenvalue weighted by molar-refractivity contribution is 9.10. The fraction of sp³-hybridized carbons (Fsp3) is 0.133. The van der Waals surface area contributed by atoms with Crippen LogP contribution in [-0.2, 0) is 16.1 Å². The number of amides is 3. The Morgan fingerprint density at radius 3 is 2.71 bits per heavy atom. The van der Waals surface area contributed by atoms with Crippen LogP contribution in [0.5, 0.6) is 5.75 Å². The maximum absolute atomic E-state index is 11.8. The van der Waals surface area contributed by atoms with Crippen molar-refractivity contribution in [3.8, 4) is 5.75 Å². The number of aromatic hydroxyl groups is 1. The van der Waals surface area contributed by atoms with Crippen molar-refractivity contribution in [1.82, 2.24) is 10.6 Å². The van der Waals surface area contributed by atoms with Gasteiger partial charge in [0.05, 0.1) is 16.6 Å². The van der Waals surface area contributed by atoms with Crippen LogP contribution >= 0.6 is 27.3 Å². The summed E-state index contributed by atoms with van der Waals surface area (Å²) in [4.78, 5) is 35.8. The first kappa shape index (κ1) is 18.0. The molecule has 0 radical (unpaired) electrons. The van der Waals surface area contributed by atoms with Crippen LogP contribution in [-0.4, -0.2) is 29.6 Å². The van der Waals surface area contributed by atoms with Gasteiger partial charge in [0.1, 0.15) is 5.75 Å². The van der Waals surface area contributed by atoms with Crippen LogP contribution in [0.2, 0.25) is 0 Å². The second-order valence-electron chi connectivity index (χ2n) is 4.55. The van der Waals surface area contributed by atoms with Crippen LogP contribution in [0.15, 0.2) is 40.2 Å². The minimum atomic E-state index is -0.785. The predicted octanol–water partition coefficient (Wildman–Crippen LogP) is 2.40. The minimum Gasteiger partial charge on any atom is -0.507 e. The van der Waals surface area contributed by atoms with Gasteiger partial charge in [-0.1, -0.05) is 6.07 Å². The standard InChI is InChI=1S/C15H13BrN2O5S/c16-11-4-3-9(6-12(11)19)14(21)23-8-13(20)18-15(22)17-7-10-2-1-5-24-10/h1-6,19H,7-8H2,(H2,17,18,20,22). The molecule has 0 saturated heterocycles. The van der Waals surface area contributed by atoms with E-state index in [0.717, 1.165) is 4.88 Å². The molecule has 2 rings (SSSR count). The van der Waals surface area contributed by atoms with E-state index in [2.05, 4.69) is 26.6 Å². The van der Waals surface area contributed by atoms with Crippen LogP contribution in [0.25, 0.3) is 0 Å². The monoisotopic (exact) mass is 412 g/mol. The third-order valence-corrected chi connectivity index (χ3v) is 4.32. The van der Waals surface area contributed by atoms with Gasteiger partial charge >= 0.3 is 12.0 Å². The van der Waals surface area contributed by atoms with Gasteiger partial charge in [-0.15, -0.1) is 11.3 Å². The van der Waals surface area contributed by atoms with Crippen molar-refractivity contribution >= 4 is 45.2 Å². The van der Waals surface area contributed by atoms with Crippen molar-refractivity contribution in [2.45, 2.75) is 6.54 Å². The number of rotatable bonds is 5. The van der Waals surface area contributed by atoms with Crippen LogP contribution in [0.4, 0.5) is 4.79 Å². The molecule has 0 unspecified atom stereocenters. The molecule has 0 aliphatic heterocycles. The van der Waals surface area contributed by atoms with Gasteiger partial charge in [-0.2, -0.15) is 0 Å². The van der Waals surface area contributed by atoms with Gasteiger partial charge in [-0.25, -0.2) is 9.59 Å². The number of thiophene rings is 1. The number of halogens is 1. The SMILES string of the molecule is O=C(COC(=O)c1ccc(Br)c(O)c1)NC(=O)NCc1cccs1. The summed E-state index contributed by atoms with van der Waals surface area (Å²) in [6.45, 7) is -0.309. The Kier molecular flexibility index (Phi) is 6.33. The first-order chi connectivity index (χ1) is 11.5. The number of phenolic OH excluding ortho intramolecular Hbond substituents is 1. The summed E-state index contributed by atoms with van der Waals surface area (Å²) in [5.41, 5.74) is 0.0886. The third-order valence-electron chi connectivity index (χ3n) is 2.77. The lowest BCUT2D eigenvalue weighted by Crippen LogP contribution is -2.41. The molecule has 9 heteroatoms. The summed E-state index contributed by atoms with van der Waals surface area (Å²) < 4.78 is 5.21. The average molecular weight is 413 g/mol. The van der Waals surface area contributed by atoms with E-state index in [-0.39, 0.29) is 11.3 Å². The van der Waals surface area contributed by atoms with Crippen LogP contribution in [0, 0.1) is 0 Å². The molecule has 0 bridgehead atoms. The highest BCUT2D eigenvalue weighted by Crippen LogP contribution is 2.24. The first-order valence-electron chi connectivity index (χ1n) is 6.71. The molecule has 0 saturated carbocycles. The second-order valence-corrected chi connectivity index (χ2v) is 6.44. The summed E-state index contributed by atoms with van der Waals surface area (Å²) in [5.74, 6) is -1.66. The maximum Gasteiger partial charge on any atom is 0.338 e. The number of urea groups is 1. The zero-order valence-corrected chi connectivity index (χ0v) is 14.6. The Bertz CT molecular complexity index is 748. The number of carbonyl (C=O) groups is 3. The number of imide groups is 1. The van der Waals surface area contributed by atoms with Crippen LogP contribution in [0.1, 0.15) is 15.2 Å². The normalized spacial score (nSPS) is 10.0. The number of benzene rings is 1. The van der Waals surface area contributed by atoms with E-state index in [9.17, 15) is 19.5 Å². The predicted molar refractivity (Wildman–Crippen MR) is 90.8 cm³/mol. The van der Waals surface area contributed by atoms with Gasteiger partial charge < -0.3 is 15.2 Å². The van der Waals surface area contributed by atoms with Crippen molar-refractivity contribution in [2.24, 2.45) is 0 Å². The molecule has 126 valence electrons. The zero-order chi connectivity index (χ0) is 17.5. The van der Waals surface area contributed by atoms with Gasteiger partial charge in [0.25, 0.3) is 5.91 Å². The second kappa shape index (κ2) is 8.46. The molecule has 0 fully saturated rings. The molecule has 0 atom stereocenters. The smallest absolute Gasteiger partial charge is 0.338 e. The molecule has 2 aromatic rings. The number of ether oxygens (including phenoxy) is 1. The Labute approximate surface area is 149 Å².